The van der Waals surface area contributed by atoms with Gasteiger partial charge in [-0.1, -0.05) is 52.9 Å². The van der Waals surface area contributed by atoms with Gasteiger partial charge in [0.15, 0.2) is 0 Å². The molecule has 20 heteroatoms. The van der Waals surface area contributed by atoms with Crippen molar-refractivity contribution in [2.24, 2.45) is 0 Å². The molecule has 4 rings (SSSR count). The number of aryl methyl sites for hydroxylation is 1. The van der Waals surface area contributed by atoms with Gasteiger partial charge in [-0.25, -0.2) is 29.0 Å². The molecule has 0 spiro atoms. The van der Waals surface area contributed by atoms with E-state index in [1.54, 1.807) is 60.0 Å². The van der Waals surface area contributed by atoms with Crippen LogP contribution in [0.3, 0.4) is 0 Å². The number of hydrogen-bond acceptors (Lipinski definition) is 13. The number of aromatic nitrogens is 3. The molecule has 4 aromatic rings. The molecule has 3 N–H and O–H groups in total. The second-order valence-electron chi connectivity index (χ2n) is 17.7. The minimum Gasteiger partial charge on any atom is -0.467 e. The number of hydrogen-bond donors (Lipinski definition) is 3. The maximum Gasteiger partial charge on any atom is 0.408 e. The summed E-state index contributed by atoms with van der Waals surface area (Å²) in [4.78, 5) is 70.5. The van der Waals surface area contributed by atoms with Gasteiger partial charge >= 0.3 is 30.2 Å². The first-order valence-corrected chi connectivity index (χ1v) is 25.3. The first-order chi connectivity index (χ1) is 31.5. The average molecular weight is 1300 g/mol. The molecule has 3 aromatic heterocycles. The fourth-order valence-electron chi connectivity index (χ4n) is 5.11. The molecule has 0 saturated heterocycles. The first kappa shape index (κ1) is 61.9. The maximum absolute atomic E-state index is 11.8. The average Bonchev–Trinajstić information content (AvgIpc) is 3.23. The van der Waals surface area contributed by atoms with E-state index < -0.39 is 59.1 Å². The number of alkyl carbamates (subject to hydrolysis) is 3. The molecule has 0 unspecified atom stereocenters. The Morgan fingerprint density at radius 1 is 0.603 bits per heavy atom. The number of amides is 3. The van der Waals surface area contributed by atoms with Gasteiger partial charge < -0.3 is 39.6 Å². The highest BCUT2D eigenvalue weighted by Crippen LogP contribution is 2.22. The van der Waals surface area contributed by atoms with E-state index in [-0.39, 0.29) is 12.5 Å². The number of methoxy groups -OCH3 is 2. The number of ether oxygens (including phenoxy) is 5. The fourth-order valence-corrected chi connectivity index (χ4v) is 6.47. The lowest BCUT2D eigenvalue weighted by atomic mass is 10.0. The van der Waals surface area contributed by atoms with Crippen molar-refractivity contribution >= 4 is 107 Å². The Kier molecular flexibility index (Phi) is 27.7. The Hall–Kier alpha value is -4.16. The maximum atomic E-state index is 11.8. The number of carbonyl (C=O) groups is 5. The molecule has 0 radical (unpaired) electrons. The van der Waals surface area contributed by atoms with Crippen LogP contribution in [0.25, 0.3) is 11.1 Å². The molecule has 0 bridgehead atoms. The number of nitrogens with one attached hydrogen (secondary N) is 3. The van der Waals surface area contributed by atoms with Gasteiger partial charge in [0.05, 0.1) is 14.2 Å². The van der Waals surface area contributed by atoms with Gasteiger partial charge in [-0.15, -0.1) is 0 Å². The van der Waals surface area contributed by atoms with Crippen molar-refractivity contribution in [2.45, 2.75) is 124 Å². The molecule has 0 aliphatic carbocycles. The summed E-state index contributed by atoms with van der Waals surface area (Å²) in [6.07, 6.45) is 4.49. The molecule has 1 aromatic carbocycles. The summed E-state index contributed by atoms with van der Waals surface area (Å²) < 4.78 is 27.9. The summed E-state index contributed by atoms with van der Waals surface area (Å²) in [6, 6.07) is 18.3. The Balaban J connectivity index is 0.000000480. The molecule has 3 heterocycles. The van der Waals surface area contributed by atoms with Crippen molar-refractivity contribution in [3.8, 4) is 11.1 Å². The van der Waals surface area contributed by atoms with Crippen LogP contribution >= 0.6 is 77.0 Å². The third kappa shape index (κ3) is 28.4. The predicted octanol–water partition coefficient (Wildman–Crippen LogP) is 10.9. The summed E-state index contributed by atoms with van der Waals surface area (Å²) in [5.41, 5.74) is 3.42. The van der Waals surface area contributed by atoms with Crippen LogP contribution in [0.4, 0.5) is 14.4 Å². The van der Waals surface area contributed by atoms with Crippen molar-refractivity contribution in [3.05, 3.63) is 109 Å². The van der Waals surface area contributed by atoms with Crippen LogP contribution in [-0.2, 0) is 46.1 Å². The van der Waals surface area contributed by atoms with Crippen molar-refractivity contribution in [1.29, 1.82) is 0 Å². The third-order valence-corrected chi connectivity index (χ3v) is 10.4. The zero-order valence-corrected chi connectivity index (χ0v) is 48.3. The number of alkyl halides is 1. The molecule has 16 nitrogen and oxygen atoms in total. The fraction of sp³-hybridized carbons (Fsp3) is 0.458. The normalized spacial score (nSPS) is 12.2. The van der Waals surface area contributed by atoms with Crippen LogP contribution in [0, 0.1) is 10.6 Å². The van der Waals surface area contributed by atoms with Crippen molar-refractivity contribution in [2.75, 3.05) is 18.6 Å². The van der Waals surface area contributed by atoms with Crippen LogP contribution in [0.1, 0.15) is 86.2 Å². The van der Waals surface area contributed by atoms with E-state index in [2.05, 4.69) is 115 Å². The summed E-state index contributed by atoms with van der Waals surface area (Å²) in [5.74, 6) is -1.03. The molecular formula is C48H64Br2I2N6O10. The van der Waals surface area contributed by atoms with E-state index in [0.29, 0.717) is 16.5 Å². The van der Waals surface area contributed by atoms with Crippen LogP contribution in [0.2, 0.25) is 0 Å². The number of nitrogens with zero attached hydrogens (tertiary/aromatic N) is 3. The Morgan fingerprint density at radius 3 is 1.46 bits per heavy atom. The molecular weight excluding hydrogens is 1230 g/mol. The highest BCUT2D eigenvalue weighted by molar-refractivity contribution is 14.1. The van der Waals surface area contributed by atoms with Gasteiger partial charge in [0.1, 0.15) is 32.6 Å². The van der Waals surface area contributed by atoms with E-state index in [4.69, 9.17) is 18.9 Å². The molecule has 374 valence electrons. The van der Waals surface area contributed by atoms with E-state index in [1.807, 2.05) is 92.9 Å². The largest absolute Gasteiger partial charge is 0.467 e. The number of carbonyl (C=O) groups excluding carboxylic acids is 5. The van der Waals surface area contributed by atoms with Gasteiger partial charge in [0.2, 0.25) is 0 Å². The summed E-state index contributed by atoms with van der Waals surface area (Å²) in [7, 11) is 2.54. The number of rotatable bonds is 11. The van der Waals surface area contributed by atoms with Gasteiger partial charge in [0, 0.05) is 67.8 Å². The smallest absolute Gasteiger partial charge is 0.408 e. The topological polar surface area (TPSA) is 206 Å². The van der Waals surface area contributed by atoms with Crippen LogP contribution in [0.5, 0.6) is 0 Å². The second kappa shape index (κ2) is 30.4. The molecule has 0 saturated carbocycles. The van der Waals surface area contributed by atoms with E-state index in [0.717, 1.165) is 23.9 Å². The van der Waals surface area contributed by atoms with E-state index in [1.165, 1.54) is 25.3 Å². The Morgan fingerprint density at radius 2 is 1.04 bits per heavy atom. The quantitative estimate of drug-likeness (QED) is 0.0421. The van der Waals surface area contributed by atoms with Gasteiger partial charge in [-0.05, 0) is 172 Å². The predicted molar refractivity (Wildman–Crippen MR) is 286 cm³/mol. The SMILES string of the molecule is Brc1ccc(I)nc1.COC(=O)[C@H](CI)NC(=O)OC(C)(C)C.COC(=O)[C@H](Cc1ccc(Br)cn1)NC(=O)OC(C)(C)C.Cc1ccccc1-c1ccc(C[C@@H](C)NC(=O)OC(C)(C)C)nc1. The highest BCUT2D eigenvalue weighted by atomic mass is 127. The van der Waals surface area contributed by atoms with Crippen molar-refractivity contribution in [3.63, 3.8) is 0 Å². The number of pyridine rings is 3. The van der Waals surface area contributed by atoms with E-state index in [9.17, 15) is 24.0 Å². The van der Waals surface area contributed by atoms with Crippen LogP contribution in [-0.4, -0.2) is 98.7 Å². The summed E-state index contributed by atoms with van der Waals surface area (Å²) >= 11 is 10.7. The molecule has 0 fully saturated rings. The van der Waals surface area contributed by atoms with Gasteiger partial charge in [-0.2, -0.15) is 0 Å². The molecule has 0 aliphatic heterocycles. The molecule has 3 amide bonds. The number of benzene rings is 1. The zero-order valence-electron chi connectivity index (χ0n) is 40.8. The number of esters is 2. The lowest BCUT2D eigenvalue weighted by Crippen LogP contribution is -2.45. The lowest BCUT2D eigenvalue weighted by Gasteiger charge is -2.22. The monoisotopic (exact) mass is 1300 g/mol. The Labute approximate surface area is 444 Å². The van der Waals surface area contributed by atoms with Crippen molar-refractivity contribution in [1.82, 2.24) is 30.9 Å². The Bertz CT molecular complexity index is 2160. The third-order valence-electron chi connectivity index (χ3n) is 7.96. The van der Waals surface area contributed by atoms with Crippen LogP contribution in [0.15, 0.2) is 88.2 Å². The standard InChI is InChI=1S/C20H26N2O2.C14H19BrN2O4.C9H16INO4.C5H3BrIN/c1-14-8-6-7-9-18(14)16-10-11-17(21-13-16)12-15(2)22-19(23)24-20(3,4)5;1-14(2,3)21-13(19)17-11(12(18)20-4)7-10-6-5-9(15)8-16-10;1-9(2,3)15-8(13)11-6(5-10)7(12)14-4;6-4-1-2-5(7)8-3-4/h6-11,13,15H,12H2,1-5H3,(H,22,23);5-6,8,11H,7H2,1-4H3,(H,17,19);6H,5H2,1-4H3,(H,11,13);1-3H/t15-;11-;6-;/m100./s1. The minimum absolute atomic E-state index is 0.0448. The second-order valence-corrected chi connectivity index (χ2v) is 21.5. The summed E-state index contributed by atoms with van der Waals surface area (Å²) in [6.45, 7) is 20.1. The molecule has 0 aliphatic rings. The first-order valence-electron chi connectivity index (χ1n) is 21.1. The minimum atomic E-state index is -0.849. The molecule has 68 heavy (non-hydrogen) atoms. The lowest BCUT2D eigenvalue weighted by molar-refractivity contribution is -0.143. The summed E-state index contributed by atoms with van der Waals surface area (Å²) in [5, 5.41) is 7.77. The van der Waals surface area contributed by atoms with Gasteiger partial charge in [-0.3, -0.25) is 9.97 Å². The van der Waals surface area contributed by atoms with E-state index >= 15 is 0 Å². The highest BCUT2D eigenvalue weighted by Gasteiger charge is 2.26. The van der Waals surface area contributed by atoms with Crippen LogP contribution < -0.4 is 16.0 Å². The van der Waals surface area contributed by atoms with Crippen molar-refractivity contribution < 1.29 is 47.7 Å². The molecule has 3 atom stereocenters. The van der Waals surface area contributed by atoms with Gasteiger partial charge in [0.25, 0.3) is 0 Å². The zero-order chi connectivity index (χ0) is 51.8. The number of halogens is 4.